The number of ether oxygens (including phenoxy) is 1. The number of rotatable bonds is 3. The molecule has 1 aromatic heterocycles. The lowest BCUT2D eigenvalue weighted by Crippen LogP contribution is -2.62. The molecule has 0 aliphatic carbocycles. The molecule has 0 spiro atoms. The first-order valence-electron chi connectivity index (χ1n) is 5.35. The normalized spacial score (nSPS) is 21.0. The molecular weight excluding hydrogens is 240 g/mol. The van der Waals surface area contributed by atoms with Crippen LogP contribution in [0.25, 0.3) is 0 Å². The molecule has 0 saturated carbocycles. The van der Waals surface area contributed by atoms with E-state index in [1.54, 1.807) is 6.20 Å². The van der Waals surface area contributed by atoms with E-state index in [-0.39, 0.29) is 4.75 Å². The van der Waals surface area contributed by atoms with Crippen LogP contribution in [-0.4, -0.2) is 37.5 Å². The molecule has 2 heterocycles. The third-order valence-electron chi connectivity index (χ3n) is 2.57. The van der Waals surface area contributed by atoms with Crippen molar-refractivity contribution in [3.8, 4) is 0 Å². The molecule has 2 rings (SSSR count). The molecule has 7 heteroatoms. The highest BCUT2D eigenvalue weighted by atomic mass is 32.2. The minimum absolute atomic E-state index is 0.330. The SMILES string of the molecule is [CH2]n1cc(C2(N[S@@+]([O-])C(C)(C)C)COC2)nn1. The fourth-order valence-electron chi connectivity index (χ4n) is 1.41. The Morgan fingerprint density at radius 2 is 2.24 bits per heavy atom. The summed E-state index contributed by atoms with van der Waals surface area (Å²) in [6.45, 7) is 6.66. The number of aromatic nitrogens is 3. The van der Waals surface area contributed by atoms with Gasteiger partial charge in [-0.25, -0.2) is 0 Å². The second-order valence-electron chi connectivity index (χ2n) is 5.20. The van der Waals surface area contributed by atoms with Gasteiger partial charge in [-0.1, -0.05) is 5.21 Å². The zero-order valence-corrected chi connectivity index (χ0v) is 11.1. The van der Waals surface area contributed by atoms with Crippen LogP contribution in [0.3, 0.4) is 0 Å². The summed E-state index contributed by atoms with van der Waals surface area (Å²) >= 11 is -1.17. The lowest BCUT2D eigenvalue weighted by Gasteiger charge is -2.41. The fraction of sp³-hybridized carbons (Fsp3) is 0.700. The molecule has 0 aromatic carbocycles. The molecular formula is C10H17N4O2S. The van der Waals surface area contributed by atoms with Gasteiger partial charge in [0.1, 0.15) is 10.4 Å². The van der Waals surface area contributed by atoms with Gasteiger partial charge in [0.15, 0.2) is 5.54 Å². The van der Waals surface area contributed by atoms with Gasteiger partial charge in [-0.2, -0.15) is 0 Å². The summed E-state index contributed by atoms with van der Waals surface area (Å²) < 4.78 is 21.5. The van der Waals surface area contributed by atoms with Gasteiger partial charge >= 0.3 is 0 Å². The van der Waals surface area contributed by atoms with Gasteiger partial charge in [0, 0.05) is 11.4 Å². The summed E-state index contributed by atoms with van der Waals surface area (Å²) in [6, 6.07) is 0. The van der Waals surface area contributed by atoms with Crippen LogP contribution >= 0.6 is 0 Å². The maximum absolute atomic E-state index is 12.1. The Morgan fingerprint density at radius 3 is 2.59 bits per heavy atom. The van der Waals surface area contributed by atoms with E-state index in [0.717, 1.165) is 5.69 Å². The summed E-state index contributed by atoms with van der Waals surface area (Å²) in [7, 11) is 3.64. The van der Waals surface area contributed by atoms with Crippen LogP contribution in [0.15, 0.2) is 6.20 Å². The van der Waals surface area contributed by atoms with E-state index >= 15 is 0 Å². The Bertz CT molecular complexity index is 397. The highest BCUT2D eigenvalue weighted by Crippen LogP contribution is 2.30. The molecule has 1 aliphatic rings. The second-order valence-corrected chi connectivity index (χ2v) is 7.17. The molecule has 0 amide bonds. The van der Waals surface area contributed by atoms with Gasteiger partial charge in [-0.05, 0) is 20.8 Å². The Morgan fingerprint density at radius 1 is 1.59 bits per heavy atom. The Kier molecular flexibility index (Phi) is 3.19. The van der Waals surface area contributed by atoms with Crippen LogP contribution < -0.4 is 4.72 Å². The maximum atomic E-state index is 12.1. The van der Waals surface area contributed by atoms with E-state index in [0.29, 0.717) is 13.2 Å². The summed E-state index contributed by atoms with van der Waals surface area (Å²) in [6.07, 6.45) is 1.72. The van der Waals surface area contributed by atoms with Gasteiger partial charge in [0.25, 0.3) is 0 Å². The summed E-state index contributed by atoms with van der Waals surface area (Å²) in [5, 5.41) is 7.81. The molecule has 1 atom stereocenters. The van der Waals surface area contributed by atoms with Crippen molar-refractivity contribution < 1.29 is 9.29 Å². The highest BCUT2D eigenvalue weighted by molar-refractivity contribution is 7.90. The van der Waals surface area contributed by atoms with Crippen molar-refractivity contribution in [2.75, 3.05) is 13.2 Å². The van der Waals surface area contributed by atoms with E-state index in [2.05, 4.69) is 22.1 Å². The smallest absolute Gasteiger partial charge is 0.155 e. The van der Waals surface area contributed by atoms with E-state index in [4.69, 9.17) is 4.74 Å². The monoisotopic (exact) mass is 257 g/mol. The summed E-state index contributed by atoms with van der Waals surface area (Å²) in [4.78, 5) is 0. The fourth-order valence-corrected chi connectivity index (χ4v) is 2.30. The first kappa shape index (κ1) is 12.8. The van der Waals surface area contributed by atoms with Crippen molar-refractivity contribution >= 4 is 11.4 Å². The van der Waals surface area contributed by atoms with Crippen molar-refractivity contribution in [3.63, 3.8) is 0 Å². The van der Waals surface area contributed by atoms with Gasteiger partial charge < -0.3 is 9.29 Å². The first-order valence-corrected chi connectivity index (χ1v) is 6.50. The quantitative estimate of drug-likeness (QED) is 0.783. The molecule has 1 N–H and O–H groups in total. The topological polar surface area (TPSA) is 75.0 Å². The standard InChI is InChI=1S/C10H17N4O2S/c1-9(2,3)17(15)12-10(6-16-7-10)8-5-14(4)13-11-8/h5,12H,4,6-7H2,1-3H3/t17-/m0/s1. The van der Waals surface area contributed by atoms with Gasteiger partial charge in [0.2, 0.25) is 0 Å². The van der Waals surface area contributed by atoms with E-state index in [1.807, 2.05) is 20.8 Å². The molecule has 6 nitrogen and oxygen atoms in total. The molecule has 17 heavy (non-hydrogen) atoms. The predicted octanol–water partition coefficient (Wildman–Crippen LogP) is 0.195. The van der Waals surface area contributed by atoms with Crippen molar-refractivity contribution in [2.45, 2.75) is 31.1 Å². The number of nitrogens with zero attached hydrogens (tertiary/aromatic N) is 3. The van der Waals surface area contributed by atoms with Crippen LogP contribution in [0.2, 0.25) is 0 Å². The minimum Gasteiger partial charge on any atom is -0.598 e. The van der Waals surface area contributed by atoms with E-state index in [9.17, 15) is 4.55 Å². The molecule has 1 radical (unpaired) electrons. The zero-order chi connectivity index (χ0) is 12.7. The average Bonchev–Trinajstić information content (AvgIpc) is 2.56. The third kappa shape index (κ3) is 2.47. The Labute approximate surface area is 104 Å². The second kappa shape index (κ2) is 4.24. The molecule has 1 aliphatic heterocycles. The number of nitrogens with one attached hydrogen (secondary N) is 1. The van der Waals surface area contributed by atoms with Crippen LogP contribution in [-0.2, 0) is 21.6 Å². The van der Waals surface area contributed by atoms with Crippen LogP contribution in [0, 0.1) is 7.05 Å². The first-order chi connectivity index (χ1) is 7.83. The summed E-state index contributed by atoms with van der Waals surface area (Å²) in [5.41, 5.74) is 0.227. The number of hydrogen-bond donors (Lipinski definition) is 1. The van der Waals surface area contributed by atoms with Crippen molar-refractivity contribution in [1.29, 1.82) is 0 Å². The van der Waals surface area contributed by atoms with Gasteiger partial charge in [-0.15, -0.1) is 9.82 Å². The van der Waals surface area contributed by atoms with E-state index in [1.165, 1.54) is 4.68 Å². The third-order valence-corrected chi connectivity index (χ3v) is 4.26. The molecule has 0 unspecified atom stereocenters. The Hall–Kier alpha value is -0.630. The molecule has 1 saturated heterocycles. The zero-order valence-electron chi connectivity index (χ0n) is 10.3. The van der Waals surface area contributed by atoms with Crippen molar-refractivity contribution in [2.24, 2.45) is 0 Å². The lowest BCUT2D eigenvalue weighted by molar-refractivity contribution is -0.0688. The van der Waals surface area contributed by atoms with Crippen molar-refractivity contribution in [1.82, 2.24) is 19.7 Å². The molecule has 1 fully saturated rings. The average molecular weight is 257 g/mol. The van der Waals surface area contributed by atoms with Gasteiger partial charge in [-0.3, -0.25) is 4.68 Å². The Balaban J connectivity index is 2.16. The van der Waals surface area contributed by atoms with Crippen LogP contribution in [0.1, 0.15) is 26.5 Å². The van der Waals surface area contributed by atoms with Crippen LogP contribution in [0.4, 0.5) is 0 Å². The van der Waals surface area contributed by atoms with E-state index < -0.39 is 16.9 Å². The maximum Gasteiger partial charge on any atom is 0.155 e. The van der Waals surface area contributed by atoms with Crippen LogP contribution in [0.5, 0.6) is 0 Å². The predicted molar refractivity (Wildman–Crippen MR) is 64.3 cm³/mol. The van der Waals surface area contributed by atoms with Crippen molar-refractivity contribution in [3.05, 3.63) is 18.9 Å². The largest absolute Gasteiger partial charge is 0.598 e. The molecule has 0 bridgehead atoms. The minimum atomic E-state index is -1.17. The molecule has 95 valence electrons. The highest BCUT2D eigenvalue weighted by Gasteiger charge is 2.48. The lowest BCUT2D eigenvalue weighted by atomic mass is 9.95. The van der Waals surface area contributed by atoms with Gasteiger partial charge in [0.05, 0.1) is 26.5 Å². The molecule has 1 aromatic rings. The number of hydrogen-bond acceptors (Lipinski definition) is 5. The summed E-state index contributed by atoms with van der Waals surface area (Å²) in [5.74, 6) is 0.